The number of amides is 1. The number of hydrogen-bond donors (Lipinski definition) is 2. The number of imidazole rings is 1. The van der Waals surface area contributed by atoms with E-state index in [9.17, 15) is 4.79 Å². The first kappa shape index (κ1) is 20.4. The van der Waals surface area contributed by atoms with Gasteiger partial charge in [-0.15, -0.1) is 0 Å². The minimum Gasteiger partial charge on any atom is -0.352 e. The zero-order valence-electron chi connectivity index (χ0n) is 17.8. The molecule has 4 rings (SSSR count). The van der Waals surface area contributed by atoms with Crippen LogP contribution in [0.3, 0.4) is 0 Å². The molecule has 0 radical (unpaired) electrons. The quantitative estimate of drug-likeness (QED) is 0.569. The molecule has 1 aliphatic heterocycles. The second kappa shape index (κ2) is 9.78. The maximum Gasteiger partial charge on any atom is 0.225 e. The molecule has 2 aliphatic rings. The van der Waals surface area contributed by atoms with E-state index < -0.39 is 0 Å². The van der Waals surface area contributed by atoms with Gasteiger partial charge in [0.1, 0.15) is 0 Å². The molecule has 7 nitrogen and oxygen atoms in total. The summed E-state index contributed by atoms with van der Waals surface area (Å²) in [6, 6.07) is 8.80. The minimum atomic E-state index is 0.258. The van der Waals surface area contributed by atoms with Crippen molar-refractivity contribution >= 4 is 11.9 Å². The van der Waals surface area contributed by atoms with Crippen LogP contribution >= 0.6 is 0 Å². The Bertz CT molecular complexity index is 856. The fraction of sp³-hybridized carbons (Fsp3) is 0.522. The Balaban J connectivity index is 1.26. The number of benzene rings is 1. The van der Waals surface area contributed by atoms with E-state index in [1.165, 1.54) is 24.0 Å². The zero-order chi connectivity index (χ0) is 20.8. The molecule has 7 heteroatoms. The highest BCUT2D eigenvalue weighted by molar-refractivity contribution is 5.81. The Kier molecular flexibility index (Phi) is 6.67. The number of nitrogens with one attached hydrogen (secondary N) is 2. The summed E-state index contributed by atoms with van der Waals surface area (Å²) in [6.45, 7) is 3.14. The van der Waals surface area contributed by atoms with Crippen molar-refractivity contribution < 1.29 is 4.79 Å². The summed E-state index contributed by atoms with van der Waals surface area (Å²) in [4.78, 5) is 23.2. The van der Waals surface area contributed by atoms with Crippen LogP contribution < -0.4 is 10.6 Å². The van der Waals surface area contributed by atoms with Crippen molar-refractivity contribution in [2.45, 2.75) is 51.2 Å². The largest absolute Gasteiger partial charge is 0.352 e. The number of aliphatic imine (C=N–C) groups is 1. The molecule has 1 aromatic heterocycles. The van der Waals surface area contributed by atoms with Crippen LogP contribution in [0.2, 0.25) is 0 Å². The second-order valence-electron chi connectivity index (χ2n) is 8.38. The molecule has 1 saturated carbocycles. The average Bonchev–Trinajstić information content (AvgIpc) is 3.54. The van der Waals surface area contributed by atoms with Gasteiger partial charge >= 0.3 is 0 Å². The molecule has 2 fully saturated rings. The van der Waals surface area contributed by atoms with Crippen LogP contribution in [0.25, 0.3) is 0 Å². The van der Waals surface area contributed by atoms with Gasteiger partial charge in [0.2, 0.25) is 5.91 Å². The van der Waals surface area contributed by atoms with Gasteiger partial charge in [0.15, 0.2) is 5.96 Å². The van der Waals surface area contributed by atoms with E-state index in [1.807, 2.05) is 17.4 Å². The summed E-state index contributed by atoms with van der Waals surface area (Å²) in [5.41, 5.74) is 2.45. The smallest absolute Gasteiger partial charge is 0.225 e. The first-order valence-corrected chi connectivity index (χ1v) is 11.0. The third-order valence-corrected chi connectivity index (χ3v) is 6.14. The van der Waals surface area contributed by atoms with E-state index in [2.05, 4.69) is 49.4 Å². The molecule has 2 heterocycles. The lowest BCUT2D eigenvalue weighted by Gasteiger charge is -2.21. The fourth-order valence-corrected chi connectivity index (χ4v) is 4.51. The van der Waals surface area contributed by atoms with Crippen LogP contribution in [0.1, 0.15) is 43.2 Å². The van der Waals surface area contributed by atoms with Gasteiger partial charge in [-0.05, 0) is 30.4 Å². The van der Waals surface area contributed by atoms with Gasteiger partial charge in [-0.3, -0.25) is 9.79 Å². The van der Waals surface area contributed by atoms with Gasteiger partial charge < -0.3 is 20.1 Å². The summed E-state index contributed by atoms with van der Waals surface area (Å²) in [7, 11) is 1.79. The molecule has 0 spiro atoms. The minimum absolute atomic E-state index is 0.258. The molecule has 2 N–H and O–H groups in total. The lowest BCUT2D eigenvalue weighted by atomic mass is 10.1. The number of carbonyl (C=O) groups is 1. The third-order valence-electron chi connectivity index (χ3n) is 6.14. The number of aromatic nitrogens is 2. The number of hydrogen-bond acceptors (Lipinski definition) is 3. The van der Waals surface area contributed by atoms with Crippen molar-refractivity contribution in [2.75, 3.05) is 20.1 Å². The summed E-state index contributed by atoms with van der Waals surface area (Å²) in [5, 5.41) is 6.91. The number of rotatable bonds is 6. The Labute approximate surface area is 178 Å². The third kappa shape index (κ3) is 5.20. The maximum absolute atomic E-state index is 12.7. The molecule has 1 unspecified atom stereocenters. The van der Waals surface area contributed by atoms with E-state index in [4.69, 9.17) is 0 Å². The summed E-state index contributed by atoms with van der Waals surface area (Å²) in [5.74, 6) is 1.40. The normalized spacial score (nSPS) is 20.0. The zero-order valence-corrected chi connectivity index (χ0v) is 17.8. The molecule has 30 heavy (non-hydrogen) atoms. The molecule has 0 bridgehead atoms. The Hall–Kier alpha value is -2.83. The van der Waals surface area contributed by atoms with E-state index >= 15 is 0 Å². The summed E-state index contributed by atoms with van der Waals surface area (Å²) >= 11 is 0. The van der Waals surface area contributed by atoms with Crippen molar-refractivity contribution in [3.8, 4) is 0 Å². The number of likely N-dealkylation sites (tertiary alicyclic amines) is 1. The molecule has 2 aromatic rings. The number of carbonyl (C=O) groups excluding carboxylic acids is 1. The van der Waals surface area contributed by atoms with E-state index in [-0.39, 0.29) is 12.0 Å². The van der Waals surface area contributed by atoms with Gasteiger partial charge in [-0.25, -0.2) is 4.98 Å². The standard InChI is InChI=1S/C23H32N6O/c1-24-23(27-21-9-11-29(16-21)22(30)20-7-2-3-8-20)26-14-18-5-4-6-19(13-18)15-28-12-10-25-17-28/h4-6,10,12-13,17,20-21H,2-3,7-9,11,14-16H2,1H3,(H2,24,26,27). The fourth-order valence-electron chi connectivity index (χ4n) is 4.51. The molecule has 1 atom stereocenters. The molecular weight excluding hydrogens is 376 g/mol. The molecule has 1 aliphatic carbocycles. The second-order valence-corrected chi connectivity index (χ2v) is 8.38. The Morgan fingerprint density at radius 1 is 1.23 bits per heavy atom. The lowest BCUT2D eigenvalue weighted by molar-refractivity contribution is -0.134. The van der Waals surface area contributed by atoms with Crippen molar-refractivity contribution in [2.24, 2.45) is 10.9 Å². The predicted octanol–water partition coefficient (Wildman–Crippen LogP) is 2.39. The van der Waals surface area contributed by atoms with Gasteiger partial charge in [0, 0.05) is 57.6 Å². The molecule has 1 aromatic carbocycles. The average molecular weight is 409 g/mol. The Morgan fingerprint density at radius 3 is 2.83 bits per heavy atom. The first-order valence-electron chi connectivity index (χ1n) is 11.0. The topological polar surface area (TPSA) is 74.6 Å². The van der Waals surface area contributed by atoms with Gasteiger partial charge in [-0.1, -0.05) is 37.1 Å². The molecular formula is C23H32N6O. The van der Waals surface area contributed by atoms with Crippen LogP contribution in [0.5, 0.6) is 0 Å². The van der Waals surface area contributed by atoms with Gasteiger partial charge in [0.05, 0.1) is 6.33 Å². The summed E-state index contributed by atoms with van der Waals surface area (Å²) in [6.07, 6.45) is 11.1. The SMILES string of the molecule is CN=C(NCc1cccc(Cn2ccnc2)c1)NC1CCN(C(=O)C2CCCC2)C1. The van der Waals surface area contributed by atoms with Crippen LogP contribution in [-0.2, 0) is 17.9 Å². The number of nitrogens with zero attached hydrogens (tertiary/aromatic N) is 4. The van der Waals surface area contributed by atoms with Gasteiger partial charge in [-0.2, -0.15) is 0 Å². The van der Waals surface area contributed by atoms with E-state index in [1.54, 1.807) is 13.2 Å². The van der Waals surface area contributed by atoms with Crippen molar-refractivity contribution in [1.29, 1.82) is 0 Å². The maximum atomic E-state index is 12.7. The molecule has 160 valence electrons. The highest BCUT2D eigenvalue weighted by Crippen LogP contribution is 2.27. The number of guanidine groups is 1. The molecule has 1 amide bonds. The van der Waals surface area contributed by atoms with Crippen molar-refractivity contribution in [3.05, 3.63) is 54.1 Å². The first-order chi connectivity index (χ1) is 14.7. The lowest BCUT2D eigenvalue weighted by Crippen LogP contribution is -2.45. The monoisotopic (exact) mass is 408 g/mol. The Morgan fingerprint density at radius 2 is 2.07 bits per heavy atom. The highest BCUT2D eigenvalue weighted by Gasteiger charge is 2.32. The van der Waals surface area contributed by atoms with Crippen LogP contribution in [0, 0.1) is 5.92 Å². The van der Waals surface area contributed by atoms with Crippen LogP contribution in [0.15, 0.2) is 48.0 Å². The van der Waals surface area contributed by atoms with Crippen LogP contribution in [-0.4, -0.2) is 52.5 Å². The molecule has 1 saturated heterocycles. The van der Waals surface area contributed by atoms with E-state index in [0.717, 1.165) is 44.9 Å². The highest BCUT2D eigenvalue weighted by atomic mass is 16.2. The van der Waals surface area contributed by atoms with Crippen molar-refractivity contribution in [3.63, 3.8) is 0 Å². The van der Waals surface area contributed by atoms with Gasteiger partial charge in [0.25, 0.3) is 0 Å². The van der Waals surface area contributed by atoms with Crippen LogP contribution in [0.4, 0.5) is 0 Å². The van der Waals surface area contributed by atoms with E-state index in [0.29, 0.717) is 12.5 Å². The summed E-state index contributed by atoms with van der Waals surface area (Å²) < 4.78 is 2.06. The predicted molar refractivity (Wildman–Crippen MR) is 118 cm³/mol. The van der Waals surface area contributed by atoms with Crippen molar-refractivity contribution in [1.82, 2.24) is 25.1 Å².